The number of nitrogens with one attached hydrogen (secondary N) is 1. The van der Waals surface area contributed by atoms with E-state index in [0.29, 0.717) is 18.9 Å². The van der Waals surface area contributed by atoms with Crippen molar-refractivity contribution in [2.24, 2.45) is 0 Å². The van der Waals surface area contributed by atoms with Crippen LogP contribution in [0.4, 0.5) is 8.78 Å². The van der Waals surface area contributed by atoms with E-state index in [1.807, 2.05) is 0 Å². The first-order chi connectivity index (χ1) is 8.97. The second-order valence-corrected chi connectivity index (χ2v) is 5.18. The van der Waals surface area contributed by atoms with E-state index in [4.69, 9.17) is 0 Å². The summed E-state index contributed by atoms with van der Waals surface area (Å²) in [5.41, 5.74) is -0.624. The number of aliphatic hydroxyl groups excluding tert-OH is 1. The Balaban J connectivity index is 2.22. The molecular formula is C14H17F2NO2. The van der Waals surface area contributed by atoms with Gasteiger partial charge in [0.25, 0.3) is 5.91 Å². The molecule has 104 valence electrons. The monoisotopic (exact) mass is 269 g/mol. The number of aliphatic hydroxyl groups is 1. The zero-order valence-corrected chi connectivity index (χ0v) is 10.8. The molecule has 1 aliphatic rings. The molecule has 3 nitrogen and oxygen atoms in total. The van der Waals surface area contributed by atoms with Gasteiger partial charge in [-0.05, 0) is 31.4 Å². The smallest absolute Gasteiger partial charge is 0.254 e. The molecule has 0 heterocycles. The molecule has 1 aliphatic carbocycles. The molecule has 0 atom stereocenters. The second-order valence-electron chi connectivity index (χ2n) is 5.18. The highest BCUT2D eigenvalue weighted by Gasteiger charge is 2.35. The van der Waals surface area contributed by atoms with Gasteiger partial charge in [-0.25, -0.2) is 8.78 Å². The average Bonchev–Trinajstić information content (AvgIpc) is 2.83. The van der Waals surface area contributed by atoms with Crippen LogP contribution in [0, 0.1) is 18.6 Å². The van der Waals surface area contributed by atoms with Crippen LogP contribution >= 0.6 is 0 Å². The third kappa shape index (κ3) is 2.76. The van der Waals surface area contributed by atoms with Crippen LogP contribution < -0.4 is 5.32 Å². The SMILES string of the molecule is Cc1cc(C(=O)NC2(CO)CCCC2)c(F)cc1F. The molecule has 2 N–H and O–H groups in total. The Bertz CT molecular complexity index is 496. The third-order valence-electron chi connectivity index (χ3n) is 3.73. The first-order valence-corrected chi connectivity index (χ1v) is 6.36. The fourth-order valence-electron chi connectivity index (χ4n) is 2.51. The van der Waals surface area contributed by atoms with Crippen molar-refractivity contribution in [3.8, 4) is 0 Å². The maximum atomic E-state index is 13.6. The predicted molar refractivity (Wildman–Crippen MR) is 66.8 cm³/mol. The van der Waals surface area contributed by atoms with Crippen molar-refractivity contribution in [2.45, 2.75) is 38.1 Å². The molecule has 1 aromatic carbocycles. The summed E-state index contributed by atoms with van der Waals surface area (Å²) in [5.74, 6) is -2.16. The van der Waals surface area contributed by atoms with E-state index >= 15 is 0 Å². The number of hydrogen-bond donors (Lipinski definition) is 2. The summed E-state index contributed by atoms with van der Waals surface area (Å²) in [7, 11) is 0. The van der Waals surface area contributed by atoms with Crippen LogP contribution in [0.1, 0.15) is 41.6 Å². The standard InChI is InChI=1S/C14H17F2NO2/c1-9-6-10(12(16)7-11(9)15)13(19)17-14(8-18)4-2-3-5-14/h6-7,18H,2-5,8H2,1H3,(H,17,19). The molecule has 0 spiro atoms. The highest BCUT2D eigenvalue weighted by Crippen LogP contribution is 2.29. The lowest BCUT2D eigenvalue weighted by Gasteiger charge is -2.28. The molecule has 1 fully saturated rings. The summed E-state index contributed by atoms with van der Waals surface area (Å²) in [6.45, 7) is 1.31. The largest absolute Gasteiger partial charge is 0.394 e. The summed E-state index contributed by atoms with van der Waals surface area (Å²) in [4.78, 5) is 12.1. The molecule has 0 unspecified atom stereocenters. The highest BCUT2D eigenvalue weighted by atomic mass is 19.1. The summed E-state index contributed by atoms with van der Waals surface area (Å²) in [5, 5.41) is 12.1. The Labute approximate surface area is 110 Å². The lowest BCUT2D eigenvalue weighted by Crippen LogP contribution is -2.49. The average molecular weight is 269 g/mol. The summed E-state index contributed by atoms with van der Waals surface area (Å²) in [6, 6.07) is 1.91. The molecule has 0 radical (unpaired) electrons. The van der Waals surface area contributed by atoms with E-state index in [2.05, 4.69) is 5.32 Å². The number of carbonyl (C=O) groups excluding carboxylic acids is 1. The highest BCUT2D eigenvalue weighted by molar-refractivity contribution is 5.95. The number of halogens is 2. The number of aryl methyl sites for hydroxylation is 1. The summed E-state index contributed by atoms with van der Waals surface area (Å²) >= 11 is 0. The van der Waals surface area contributed by atoms with Gasteiger partial charge in [-0.2, -0.15) is 0 Å². The van der Waals surface area contributed by atoms with Gasteiger partial charge < -0.3 is 10.4 Å². The first kappa shape index (κ1) is 13.9. The van der Waals surface area contributed by atoms with E-state index in [1.165, 1.54) is 13.0 Å². The number of amides is 1. The molecule has 5 heteroatoms. The van der Waals surface area contributed by atoms with E-state index < -0.39 is 23.1 Å². The van der Waals surface area contributed by atoms with Crippen molar-refractivity contribution in [1.82, 2.24) is 5.32 Å². The molecule has 19 heavy (non-hydrogen) atoms. The number of rotatable bonds is 3. The van der Waals surface area contributed by atoms with E-state index in [0.717, 1.165) is 12.8 Å². The molecule has 1 aromatic rings. The van der Waals surface area contributed by atoms with Crippen LogP contribution in [0.3, 0.4) is 0 Å². The molecule has 0 aliphatic heterocycles. The Hall–Kier alpha value is -1.49. The van der Waals surface area contributed by atoms with E-state index in [-0.39, 0.29) is 17.7 Å². The lowest BCUT2D eigenvalue weighted by atomic mass is 9.98. The Kier molecular flexibility index (Phi) is 3.85. The van der Waals surface area contributed by atoms with Gasteiger partial charge in [-0.1, -0.05) is 12.8 Å². The van der Waals surface area contributed by atoms with Crippen LogP contribution in [-0.2, 0) is 0 Å². The molecule has 0 aromatic heterocycles. The Morgan fingerprint density at radius 3 is 2.53 bits per heavy atom. The zero-order valence-electron chi connectivity index (χ0n) is 10.8. The van der Waals surface area contributed by atoms with E-state index in [9.17, 15) is 18.7 Å². The van der Waals surface area contributed by atoms with Crippen LogP contribution in [0.5, 0.6) is 0 Å². The summed E-state index contributed by atoms with van der Waals surface area (Å²) in [6.07, 6.45) is 3.20. The molecule has 1 amide bonds. The van der Waals surface area contributed by atoms with Gasteiger partial charge in [-0.15, -0.1) is 0 Å². The third-order valence-corrected chi connectivity index (χ3v) is 3.73. The van der Waals surface area contributed by atoms with Gasteiger partial charge in [0.05, 0.1) is 17.7 Å². The quantitative estimate of drug-likeness (QED) is 0.884. The number of benzene rings is 1. The first-order valence-electron chi connectivity index (χ1n) is 6.36. The molecule has 2 rings (SSSR count). The number of carbonyl (C=O) groups is 1. The van der Waals surface area contributed by atoms with Gasteiger partial charge in [0.1, 0.15) is 11.6 Å². The van der Waals surface area contributed by atoms with Crippen molar-refractivity contribution < 1.29 is 18.7 Å². The number of hydrogen-bond acceptors (Lipinski definition) is 2. The Morgan fingerprint density at radius 1 is 1.32 bits per heavy atom. The van der Waals surface area contributed by atoms with Crippen molar-refractivity contribution in [3.63, 3.8) is 0 Å². The van der Waals surface area contributed by atoms with Gasteiger partial charge in [0.2, 0.25) is 0 Å². The predicted octanol–water partition coefficient (Wildman–Crippen LogP) is 2.31. The zero-order chi connectivity index (χ0) is 14.0. The van der Waals surface area contributed by atoms with Gasteiger partial charge in [-0.3, -0.25) is 4.79 Å². The van der Waals surface area contributed by atoms with Crippen molar-refractivity contribution >= 4 is 5.91 Å². The lowest BCUT2D eigenvalue weighted by molar-refractivity contribution is 0.0834. The minimum absolute atomic E-state index is 0.166. The molecular weight excluding hydrogens is 252 g/mol. The van der Waals surface area contributed by atoms with E-state index in [1.54, 1.807) is 0 Å². The normalized spacial score (nSPS) is 17.5. The fourth-order valence-corrected chi connectivity index (χ4v) is 2.51. The van der Waals surface area contributed by atoms with Crippen LogP contribution in [0.2, 0.25) is 0 Å². The van der Waals surface area contributed by atoms with Crippen LogP contribution in [0.15, 0.2) is 12.1 Å². The second kappa shape index (κ2) is 5.25. The molecule has 0 bridgehead atoms. The summed E-state index contributed by atoms with van der Waals surface area (Å²) < 4.78 is 26.8. The van der Waals surface area contributed by atoms with Crippen LogP contribution in [-0.4, -0.2) is 23.2 Å². The molecule has 1 saturated carbocycles. The van der Waals surface area contributed by atoms with Gasteiger partial charge in [0.15, 0.2) is 0 Å². The topological polar surface area (TPSA) is 49.3 Å². The van der Waals surface area contributed by atoms with Crippen molar-refractivity contribution in [3.05, 3.63) is 34.9 Å². The van der Waals surface area contributed by atoms with Crippen molar-refractivity contribution in [1.29, 1.82) is 0 Å². The maximum absolute atomic E-state index is 13.6. The maximum Gasteiger partial charge on any atom is 0.254 e. The Morgan fingerprint density at radius 2 is 1.95 bits per heavy atom. The minimum Gasteiger partial charge on any atom is -0.394 e. The van der Waals surface area contributed by atoms with Gasteiger partial charge >= 0.3 is 0 Å². The fraction of sp³-hybridized carbons (Fsp3) is 0.500. The minimum atomic E-state index is -0.883. The van der Waals surface area contributed by atoms with Crippen molar-refractivity contribution in [2.75, 3.05) is 6.61 Å². The van der Waals surface area contributed by atoms with Crippen LogP contribution in [0.25, 0.3) is 0 Å². The molecule has 0 saturated heterocycles. The van der Waals surface area contributed by atoms with Gasteiger partial charge in [0, 0.05) is 6.07 Å².